The molecule has 3 aromatic rings. The van der Waals surface area contributed by atoms with Crippen LogP contribution < -0.4 is 4.90 Å². The lowest BCUT2D eigenvalue weighted by Crippen LogP contribution is -2.42. The Morgan fingerprint density at radius 3 is 2.53 bits per heavy atom. The first-order chi connectivity index (χ1) is 17.8. The molecular formula is C28H37N7O. The Hall–Kier alpha value is -2.81. The summed E-state index contributed by atoms with van der Waals surface area (Å²) in [4.78, 5) is 7.76. The molecule has 0 amide bonds. The van der Waals surface area contributed by atoms with Gasteiger partial charge < -0.3 is 9.64 Å². The maximum absolute atomic E-state index is 5.60. The third kappa shape index (κ3) is 5.16. The molecule has 6 rings (SSSR count). The Bertz CT molecular complexity index is 1110. The van der Waals surface area contributed by atoms with Crippen LogP contribution in [0.4, 0.5) is 5.69 Å². The summed E-state index contributed by atoms with van der Waals surface area (Å²) in [7, 11) is 0. The zero-order chi connectivity index (χ0) is 24.2. The lowest BCUT2D eigenvalue weighted by molar-refractivity contribution is 0.122. The van der Waals surface area contributed by atoms with Crippen LogP contribution in [0.25, 0.3) is 0 Å². The summed E-state index contributed by atoms with van der Waals surface area (Å²) in [5, 5.41) is 13.2. The molecule has 8 heteroatoms. The van der Waals surface area contributed by atoms with Crippen LogP contribution in [0, 0.1) is 0 Å². The van der Waals surface area contributed by atoms with Gasteiger partial charge in [-0.2, -0.15) is 0 Å². The van der Waals surface area contributed by atoms with Crippen LogP contribution in [0.2, 0.25) is 0 Å². The average Bonchev–Trinajstić information content (AvgIpc) is 3.21. The molecule has 1 aromatic heterocycles. The van der Waals surface area contributed by atoms with Crippen molar-refractivity contribution in [2.45, 2.75) is 44.3 Å². The molecule has 1 aliphatic carbocycles. The molecule has 1 atom stereocenters. The van der Waals surface area contributed by atoms with E-state index in [2.05, 4.69) is 84.8 Å². The van der Waals surface area contributed by atoms with Crippen molar-refractivity contribution in [3.63, 3.8) is 0 Å². The Kier molecular flexibility index (Phi) is 7.25. The highest BCUT2D eigenvalue weighted by atomic mass is 16.5. The summed E-state index contributed by atoms with van der Waals surface area (Å²) in [5.41, 5.74) is 3.73. The SMILES string of the molecule is c1ccc(Cn2nnnc2C(c2cccc(N3CCOCC3)c2)N2CCCN(C3CCC3)CC2)cc1. The summed E-state index contributed by atoms with van der Waals surface area (Å²) in [5.74, 6) is 0.926. The molecule has 3 heterocycles. The number of rotatable bonds is 7. The number of benzene rings is 2. The van der Waals surface area contributed by atoms with E-state index in [1.165, 1.54) is 49.0 Å². The zero-order valence-electron chi connectivity index (χ0n) is 21.1. The van der Waals surface area contributed by atoms with E-state index in [4.69, 9.17) is 4.74 Å². The number of aromatic nitrogens is 4. The number of morpholine rings is 1. The molecule has 0 spiro atoms. The van der Waals surface area contributed by atoms with Crippen molar-refractivity contribution in [2.24, 2.45) is 0 Å². The van der Waals surface area contributed by atoms with Gasteiger partial charge in [-0.25, -0.2) is 4.68 Å². The van der Waals surface area contributed by atoms with Crippen LogP contribution in [0.3, 0.4) is 0 Å². The molecule has 0 bridgehead atoms. The smallest absolute Gasteiger partial charge is 0.173 e. The lowest BCUT2D eigenvalue weighted by atomic mass is 9.91. The third-order valence-electron chi connectivity index (χ3n) is 8.06. The summed E-state index contributed by atoms with van der Waals surface area (Å²) < 4.78 is 7.59. The lowest BCUT2D eigenvalue weighted by Gasteiger charge is -2.37. The maximum Gasteiger partial charge on any atom is 0.173 e. The van der Waals surface area contributed by atoms with Gasteiger partial charge in [0.05, 0.1) is 25.8 Å². The van der Waals surface area contributed by atoms with Crippen molar-refractivity contribution >= 4 is 5.69 Å². The molecule has 8 nitrogen and oxygen atoms in total. The van der Waals surface area contributed by atoms with Crippen molar-refractivity contribution in [3.8, 4) is 0 Å². The van der Waals surface area contributed by atoms with E-state index < -0.39 is 0 Å². The molecule has 3 aliphatic rings. The average molecular weight is 488 g/mol. The fourth-order valence-corrected chi connectivity index (χ4v) is 5.85. The first-order valence-electron chi connectivity index (χ1n) is 13.6. The molecule has 3 fully saturated rings. The highest BCUT2D eigenvalue weighted by molar-refractivity contribution is 5.50. The van der Waals surface area contributed by atoms with Gasteiger partial charge in [0.2, 0.25) is 0 Å². The van der Waals surface area contributed by atoms with Gasteiger partial charge in [0.15, 0.2) is 5.82 Å². The van der Waals surface area contributed by atoms with Crippen molar-refractivity contribution < 1.29 is 4.74 Å². The maximum atomic E-state index is 5.60. The second kappa shape index (κ2) is 11.1. The predicted octanol–water partition coefficient (Wildman–Crippen LogP) is 3.21. The van der Waals surface area contributed by atoms with E-state index in [1.807, 2.05) is 4.68 Å². The Labute approximate surface area is 213 Å². The molecule has 0 radical (unpaired) electrons. The van der Waals surface area contributed by atoms with Crippen LogP contribution in [-0.2, 0) is 11.3 Å². The summed E-state index contributed by atoms with van der Waals surface area (Å²) in [6, 6.07) is 20.3. The summed E-state index contributed by atoms with van der Waals surface area (Å²) in [6.45, 7) is 8.49. The van der Waals surface area contributed by atoms with E-state index in [0.717, 1.165) is 57.8 Å². The van der Waals surface area contributed by atoms with Gasteiger partial charge in [-0.1, -0.05) is 48.9 Å². The number of nitrogens with zero attached hydrogens (tertiary/aromatic N) is 7. The molecule has 0 N–H and O–H groups in total. The minimum atomic E-state index is 0.0195. The largest absolute Gasteiger partial charge is 0.378 e. The fourth-order valence-electron chi connectivity index (χ4n) is 5.85. The number of hydrogen-bond donors (Lipinski definition) is 0. The molecule has 36 heavy (non-hydrogen) atoms. The molecule has 2 aliphatic heterocycles. The highest BCUT2D eigenvalue weighted by Crippen LogP contribution is 2.32. The van der Waals surface area contributed by atoms with Crippen molar-refractivity contribution in [3.05, 3.63) is 71.5 Å². The Balaban J connectivity index is 1.32. The quantitative estimate of drug-likeness (QED) is 0.507. The number of tetrazole rings is 1. The van der Waals surface area contributed by atoms with E-state index in [0.29, 0.717) is 6.54 Å². The topological polar surface area (TPSA) is 62.6 Å². The summed E-state index contributed by atoms with van der Waals surface area (Å²) in [6.07, 6.45) is 5.28. The monoisotopic (exact) mass is 487 g/mol. The zero-order valence-corrected chi connectivity index (χ0v) is 21.1. The van der Waals surface area contributed by atoms with E-state index in [-0.39, 0.29) is 6.04 Å². The second-order valence-corrected chi connectivity index (χ2v) is 10.3. The van der Waals surface area contributed by atoms with Gasteiger partial charge in [-0.3, -0.25) is 9.80 Å². The van der Waals surface area contributed by atoms with Crippen LogP contribution in [0.5, 0.6) is 0 Å². The van der Waals surface area contributed by atoms with E-state index >= 15 is 0 Å². The number of hydrogen-bond acceptors (Lipinski definition) is 7. The molecule has 2 aromatic carbocycles. The fraction of sp³-hybridized carbons (Fsp3) is 0.536. The first-order valence-corrected chi connectivity index (χ1v) is 13.6. The number of ether oxygens (including phenoxy) is 1. The van der Waals surface area contributed by atoms with Gasteiger partial charge in [-0.05, 0) is 59.5 Å². The standard InChI is InChI=1S/C28H37N7O/c1-2-7-23(8-3-1)22-35-28(29-30-31-35)27(34-14-6-13-32(15-16-34)25-10-5-11-25)24-9-4-12-26(21-24)33-17-19-36-20-18-33/h1-4,7-9,12,21,25,27H,5-6,10-11,13-20,22H2. The summed E-state index contributed by atoms with van der Waals surface area (Å²) >= 11 is 0. The van der Waals surface area contributed by atoms with Crippen LogP contribution in [0.15, 0.2) is 54.6 Å². The highest BCUT2D eigenvalue weighted by Gasteiger charge is 2.32. The predicted molar refractivity (Wildman–Crippen MR) is 140 cm³/mol. The second-order valence-electron chi connectivity index (χ2n) is 10.3. The van der Waals surface area contributed by atoms with Gasteiger partial charge in [0, 0.05) is 44.5 Å². The molecule has 1 saturated carbocycles. The molecule has 1 unspecified atom stereocenters. The van der Waals surface area contributed by atoms with Crippen molar-refractivity contribution in [1.82, 2.24) is 30.0 Å². The third-order valence-corrected chi connectivity index (χ3v) is 8.06. The van der Waals surface area contributed by atoms with Crippen LogP contribution >= 0.6 is 0 Å². The minimum Gasteiger partial charge on any atom is -0.378 e. The van der Waals surface area contributed by atoms with Gasteiger partial charge in [0.1, 0.15) is 0 Å². The van der Waals surface area contributed by atoms with Crippen molar-refractivity contribution in [2.75, 3.05) is 57.4 Å². The van der Waals surface area contributed by atoms with E-state index in [1.54, 1.807) is 0 Å². The molecule has 2 saturated heterocycles. The van der Waals surface area contributed by atoms with Gasteiger partial charge in [0.25, 0.3) is 0 Å². The van der Waals surface area contributed by atoms with Crippen LogP contribution in [0.1, 0.15) is 48.7 Å². The number of anilines is 1. The first kappa shape index (κ1) is 23.6. The van der Waals surface area contributed by atoms with E-state index in [9.17, 15) is 0 Å². The van der Waals surface area contributed by atoms with Crippen LogP contribution in [-0.4, -0.2) is 88.5 Å². The van der Waals surface area contributed by atoms with Crippen molar-refractivity contribution in [1.29, 1.82) is 0 Å². The Morgan fingerprint density at radius 1 is 0.861 bits per heavy atom. The van der Waals surface area contributed by atoms with Gasteiger partial charge in [-0.15, -0.1) is 5.10 Å². The Morgan fingerprint density at radius 2 is 1.72 bits per heavy atom. The minimum absolute atomic E-state index is 0.0195. The molecule has 190 valence electrons. The normalized spacial score (nSPS) is 21.2. The van der Waals surface area contributed by atoms with Gasteiger partial charge >= 0.3 is 0 Å². The molecular weight excluding hydrogens is 450 g/mol.